The number of nitrogens with zero attached hydrogens (tertiary/aromatic N) is 4. The van der Waals surface area contributed by atoms with Gasteiger partial charge in [0.2, 0.25) is 11.5 Å². The third-order valence-electron chi connectivity index (χ3n) is 7.15. The van der Waals surface area contributed by atoms with Gasteiger partial charge < -0.3 is 14.5 Å². The van der Waals surface area contributed by atoms with Gasteiger partial charge in [-0.25, -0.2) is 4.39 Å². The summed E-state index contributed by atoms with van der Waals surface area (Å²) in [7, 11) is 1.77. The topological polar surface area (TPSA) is 84.7 Å². The number of amides is 2. The fraction of sp³-hybridized carbons (Fsp3) is 0.333. The van der Waals surface area contributed by atoms with E-state index in [1.807, 2.05) is 0 Å². The summed E-state index contributed by atoms with van der Waals surface area (Å²) in [4.78, 5) is 41.3. The molecule has 2 aromatic carbocycles. The molecule has 1 aliphatic carbocycles. The zero-order valence-electron chi connectivity index (χ0n) is 21.0. The van der Waals surface area contributed by atoms with Crippen molar-refractivity contribution in [2.24, 2.45) is 7.05 Å². The Bertz CT molecular complexity index is 1450. The molecule has 1 spiro atoms. The van der Waals surface area contributed by atoms with E-state index in [-0.39, 0.29) is 12.0 Å². The molecule has 8 nitrogen and oxygen atoms in total. The third kappa shape index (κ3) is 4.69. The Hall–Kier alpha value is -4.06. The van der Waals surface area contributed by atoms with Crippen molar-refractivity contribution in [1.29, 1.82) is 0 Å². The number of aromatic nitrogens is 2. The molecule has 1 aromatic heterocycles. The molecule has 3 aromatic rings. The summed E-state index contributed by atoms with van der Waals surface area (Å²) in [6, 6.07) is 7.69. The van der Waals surface area contributed by atoms with Crippen molar-refractivity contribution in [1.82, 2.24) is 19.6 Å². The van der Waals surface area contributed by atoms with Crippen LogP contribution < -0.4 is 0 Å². The smallest absolute Gasteiger partial charge is 0.332 e. The van der Waals surface area contributed by atoms with E-state index in [0.717, 1.165) is 35.1 Å². The van der Waals surface area contributed by atoms with E-state index < -0.39 is 61.1 Å². The number of benzene rings is 2. The second-order valence-electron chi connectivity index (χ2n) is 9.70. The maximum absolute atomic E-state index is 13.6. The van der Waals surface area contributed by atoms with E-state index in [0.29, 0.717) is 16.0 Å². The molecule has 1 aliphatic heterocycles. The molecule has 12 heteroatoms. The van der Waals surface area contributed by atoms with E-state index in [4.69, 9.17) is 4.74 Å². The van der Waals surface area contributed by atoms with Gasteiger partial charge >= 0.3 is 6.18 Å². The summed E-state index contributed by atoms with van der Waals surface area (Å²) in [5.41, 5.74) is 0.894. The highest BCUT2D eigenvalue weighted by Crippen LogP contribution is 2.43. The van der Waals surface area contributed by atoms with Crippen LogP contribution in [0.25, 0.3) is 11.1 Å². The average Bonchev–Trinajstić information content (AvgIpc) is 3.54. The molecule has 2 heterocycles. The lowest BCUT2D eigenvalue weighted by molar-refractivity contribution is -0.187. The van der Waals surface area contributed by atoms with Gasteiger partial charge in [0.05, 0.1) is 6.20 Å². The standard InChI is InChI=1S/C27H24F4N4O4/c1-16(27(29,30)31)35(12-17-3-6-21(28)7-4-17)24(37)14-34-15-39-26(25(34)38)22-8-5-18(9-19(22)10-23(26)36)20-11-32-33(2)13-20/h3-9,11,13,16H,10,12,14-15H2,1-2H3/t16-,26+/m0/s1. The zero-order chi connectivity index (χ0) is 28.1. The first-order chi connectivity index (χ1) is 18.4. The second kappa shape index (κ2) is 9.60. The van der Waals surface area contributed by atoms with Crippen molar-refractivity contribution in [3.05, 3.63) is 77.4 Å². The number of ketones is 1. The fourth-order valence-electron chi connectivity index (χ4n) is 4.97. The number of rotatable bonds is 6. The molecule has 5 rings (SSSR count). The highest BCUT2D eigenvalue weighted by atomic mass is 19.4. The lowest BCUT2D eigenvalue weighted by Gasteiger charge is -2.32. The van der Waals surface area contributed by atoms with Crippen LogP contribution in [0.5, 0.6) is 0 Å². The van der Waals surface area contributed by atoms with Gasteiger partial charge in [0.25, 0.3) is 5.91 Å². The van der Waals surface area contributed by atoms with E-state index in [1.165, 1.54) is 12.1 Å². The lowest BCUT2D eigenvalue weighted by atomic mass is 9.92. The Morgan fingerprint density at radius 1 is 1.15 bits per heavy atom. The minimum absolute atomic E-state index is 0.0707. The van der Waals surface area contributed by atoms with Crippen LogP contribution in [-0.4, -0.2) is 62.7 Å². The van der Waals surface area contributed by atoms with Crippen LogP contribution in [-0.2, 0) is 44.7 Å². The van der Waals surface area contributed by atoms with Crippen molar-refractivity contribution in [2.75, 3.05) is 13.3 Å². The summed E-state index contributed by atoms with van der Waals surface area (Å²) >= 11 is 0. The Morgan fingerprint density at radius 3 is 2.51 bits per heavy atom. The highest BCUT2D eigenvalue weighted by Gasteiger charge is 2.59. The van der Waals surface area contributed by atoms with Crippen LogP contribution in [0.2, 0.25) is 0 Å². The fourth-order valence-corrected chi connectivity index (χ4v) is 4.97. The van der Waals surface area contributed by atoms with Gasteiger partial charge in [-0.3, -0.25) is 19.1 Å². The van der Waals surface area contributed by atoms with Crippen LogP contribution in [0.1, 0.15) is 23.6 Å². The molecule has 0 radical (unpaired) electrons. The zero-order valence-corrected chi connectivity index (χ0v) is 21.0. The molecule has 2 atom stereocenters. The third-order valence-corrected chi connectivity index (χ3v) is 7.15. The quantitative estimate of drug-likeness (QED) is 0.351. The van der Waals surface area contributed by atoms with Crippen molar-refractivity contribution in [3.63, 3.8) is 0 Å². The minimum atomic E-state index is -4.74. The molecule has 204 valence electrons. The van der Waals surface area contributed by atoms with Crippen LogP contribution in [0.15, 0.2) is 54.9 Å². The monoisotopic (exact) mass is 544 g/mol. The SMILES string of the molecule is C[C@H](N(Cc1ccc(F)cc1)C(=O)CN1CO[C@]2(C(=O)Cc3cc(-c4cnn(C)c4)ccc32)C1=O)C(F)(F)F. The van der Waals surface area contributed by atoms with E-state index in [2.05, 4.69) is 5.10 Å². The van der Waals surface area contributed by atoms with Gasteiger partial charge in [-0.1, -0.05) is 30.3 Å². The van der Waals surface area contributed by atoms with Crippen molar-refractivity contribution in [3.8, 4) is 11.1 Å². The summed E-state index contributed by atoms with van der Waals surface area (Å²) < 4.78 is 61.5. The maximum atomic E-state index is 13.6. The molecule has 0 saturated carbocycles. The average molecular weight is 545 g/mol. The molecular formula is C27H24F4N4O4. The lowest BCUT2D eigenvalue weighted by Crippen LogP contribution is -2.51. The maximum Gasteiger partial charge on any atom is 0.408 e. The number of aryl methyl sites for hydroxylation is 1. The second-order valence-corrected chi connectivity index (χ2v) is 9.70. The van der Waals surface area contributed by atoms with Gasteiger partial charge in [-0.15, -0.1) is 0 Å². The van der Waals surface area contributed by atoms with E-state index in [1.54, 1.807) is 42.3 Å². The molecule has 1 saturated heterocycles. The predicted molar refractivity (Wildman–Crippen MR) is 129 cm³/mol. The Morgan fingerprint density at radius 2 is 1.87 bits per heavy atom. The van der Waals surface area contributed by atoms with Gasteiger partial charge in [-0.05, 0) is 35.7 Å². The molecular weight excluding hydrogens is 520 g/mol. The summed E-state index contributed by atoms with van der Waals surface area (Å²) in [6.45, 7) is -0.780. The van der Waals surface area contributed by atoms with Crippen molar-refractivity contribution >= 4 is 17.6 Å². The van der Waals surface area contributed by atoms with Gasteiger partial charge in [0.15, 0.2) is 5.78 Å². The summed E-state index contributed by atoms with van der Waals surface area (Å²) in [6.07, 6.45) is -1.34. The Balaban J connectivity index is 1.38. The number of fused-ring (bicyclic) bond motifs is 2. The van der Waals surface area contributed by atoms with E-state index >= 15 is 0 Å². The minimum Gasteiger partial charge on any atom is -0.332 e. The molecule has 0 bridgehead atoms. The first-order valence-electron chi connectivity index (χ1n) is 12.1. The van der Waals surface area contributed by atoms with Crippen LogP contribution >= 0.6 is 0 Å². The number of hydrogen-bond donors (Lipinski definition) is 0. The first-order valence-corrected chi connectivity index (χ1v) is 12.1. The van der Waals surface area contributed by atoms with Crippen molar-refractivity contribution in [2.45, 2.75) is 37.7 Å². The molecule has 0 N–H and O–H groups in total. The van der Waals surface area contributed by atoms with Crippen molar-refractivity contribution < 1.29 is 36.7 Å². The van der Waals surface area contributed by atoms with E-state index in [9.17, 15) is 31.9 Å². The number of halogens is 4. The number of Topliss-reactive ketones (excluding diaryl/α,β-unsaturated/α-hetero) is 1. The number of ether oxygens (including phenoxy) is 1. The number of carbonyl (C=O) groups excluding carboxylic acids is 3. The highest BCUT2D eigenvalue weighted by molar-refractivity contribution is 6.15. The normalized spacial score (nSPS) is 19.6. The van der Waals surface area contributed by atoms with Crippen LogP contribution in [0.4, 0.5) is 17.6 Å². The molecule has 1 fully saturated rings. The number of carbonyl (C=O) groups is 3. The van der Waals surface area contributed by atoms with Gasteiger partial charge in [0.1, 0.15) is 25.1 Å². The van der Waals surface area contributed by atoms with Crippen LogP contribution in [0.3, 0.4) is 0 Å². The molecule has 2 aliphatic rings. The summed E-state index contributed by atoms with van der Waals surface area (Å²) in [5, 5.41) is 4.14. The largest absolute Gasteiger partial charge is 0.408 e. The first kappa shape index (κ1) is 26.5. The van der Waals surface area contributed by atoms with Crippen LogP contribution in [0, 0.1) is 5.82 Å². The molecule has 0 unspecified atom stereocenters. The number of alkyl halides is 3. The molecule has 2 amide bonds. The Kier molecular flexibility index (Phi) is 6.53. The van der Waals surface area contributed by atoms with Gasteiger partial charge in [0, 0.05) is 37.3 Å². The molecule has 39 heavy (non-hydrogen) atoms. The van der Waals surface area contributed by atoms with Gasteiger partial charge in [-0.2, -0.15) is 18.3 Å². The number of hydrogen-bond acceptors (Lipinski definition) is 5. The Labute approximate surface area is 220 Å². The predicted octanol–water partition coefficient (Wildman–Crippen LogP) is 3.34. The summed E-state index contributed by atoms with van der Waals surface area (Å²) in [5.74, 6) is -2.86.